The third-order valence-electron chi connectivity index (χ3n) is 2.72. The third-order valence-corrected chi connectivity index (χ3v) is 2.72. The zero-order chi connectivity index (χ0) is 12.3. The molecular formula is C13H16FN3. The molecule has 0 aliphatic carbocycles. The molecule has 90 valence electrons. The highest BCUT2D eigenvalue weighted by Crippen LogP contribution is 2.21. The quantitative estimate of drug-likeness (QED) is 0.879. The molecule has 17 heavy (non-hydrogen) atoms. The van der Waals surface area contributed by atoms with E-state index in [-0.39, 0.29) is 5.82 Å². The molecule has 4 heteroatoms. The van der Waals surface area contributed by atoms with Gasteiger partial charge in [0, 0.05) is 30.4 Å². The van der Waals surface area contributed by atoms with E-state index in [4.69, 9.17) is 0 Å². The number of aromatic nitrogens is 2. The van der Waals surface area contributed by atoms with Gasteiger partial charge in [-0.3, -0.25) is 4.68 Å². The lowest BCUT2D eigenvalue weighted by Gasteiger charge is -2.08. The van der Waals surface area contributed by atoms with E-state index in [0.717, 1.165) is 17.8 Å². The number of halogens is 1. The Hall–Kier alpha value is -1.68. The van der Waals surface area contributed by atoms with Crippen molar-refractivity contribution in [2.45, 2.75) is 20.0 Å². The summed E-state index contributed by atoms with van der Waals surface area (Å²) in [7, 11) is 1.81. The molecule has 1 aromatic carbocycles. The number of nitrogens with zero attached hydrogens (tertiary/aromatic N) is 2. The minimum atomic E-state index is -0.175. The first-order valence-corrected chi connectivity index (χ1v) is 5.71. The van der Waals surface area contributed by atoms with Gasteiger partial charge in [-0.1, -0.05) is 0 Å². The summed E-state index contributed by atoms with van der Waals surface area (Å²) in [6, 6.07) is 7.11. The van der Waals surface area contributed by atoms with Gasteiger partial charge in [0.05, 0.1) is 5.69 Å². The number of hydrogen-bond acceptors (Lipinski definition) is 2. The van der Waals surface area contributed by atoms with E-state index in [0.29, 0.717) is 12.1 Å². The summed E-state index contributed by atoms with van der Waals surface area (Å²) in [5.41, 5.74) is 2.69. The smallest absolute Gasteiger partial charge is 0.127 e. The van der Waals surface area contributed by atoms with Crippen molar-refractivity contribution in [2.75, 3.05) is 7.05 Å². The molecule has 1 heterocycles. The fourth-order valence-electron chi connectivity index (χ4n) is 1.89. The van der Waals surface area contributed by atoms with Crippen molar-refractivity contribution in [3.63, 3.8) is 0 Å². The van der Waals surface area contributed by atoms with Crippen LogP contribution in [-0.2, 0) is 13.1 Å². The number of rotatable bonds is 4. The van der Waals surface area contributed by atoms with Gasteiger partial charge in [0.25, 0.3) is 0 Å². The maximum atomic E-state index is 13.5. The van der Waals surface area contributed by atoms with E-state index in [1.807, 2.05) is 30.8 Å². The summed E-state index contributed by atoms with van der Waals surface area (Å²) >= 11 is 0. The first-order chi connectivity index (χ1) is 8.26. The van der Waals surface area contributed by atoms with Crippen molar-refractivity contribution < 1.29 is 4.39 Å². The molecule has 0 bridgehead atoms. The van der Waals surface area contributed by atoms with Crippen LogP contribution < -0.4 is 5.32 Å². The van der Waals surface area contributed by atoms with Crippen molar-refractivity contribution >= 4 is 0 Å². The average Bonchev–Trinajstić information content (AvgIpc) is 2.80. The van der Waals surface area contributed by atoms with Gasteiger partial charge >= 0.3 is 0 Å². The van der Waals surface area contributed by atoms with Crippen LogP contribution in [0, 0.1) is 5.82 Å². The molecule has 0 atom stereocenters. The van der Waals surface area contributed by atoms with Crippen LogP contribution in [0.3, 0.4) is 0 Å². The molecule has 0 unspecified atom stereocenters. The molecule has 0 aliphatic heterocycles. The molecule has 3 nitrogen and oxygen atoms in total. The summed E-state index contributed by atoms with van der Waals surface area (Å²) < 4.78 is 15.4. The zero-order valence-corrected chi connectivity index (χ0v) is 10.1. The molecular weight excluding hydrogens is 217 g/mol. The molecule has 0 fully saturated rings. The minimum Gasteiger partial charge on any atom is -0.316 e. The molecule has 0 radical (unpaired) electrons. The topological polar surface area (TPSA) is 29.9 Å². The van der Waals surface area contributed by atoms with Crippen molar-refractivity contribution in [1.82, 2.24) is 15.1 Å². The lowest BCUT2D eigenvalue weighted by molar-refractivity contribution is 0.601. The van der Waals surface area contributed by atoms with Crippen LogP contribution in [-0.4, -0.2) is 16.8 Å². The van der Waals surface area contributed by atoms with E-state index in [1.54, 1.807) is 12.3 Å². The van der Waals surface area contributed by atoms with Crippen LogP contribution in [0.25, 0.3) is 11.3 Å². The van der Waals surface area contributed by atoms with E-state index in [1.165, 1.54) is 6.07 Å². The van der Waals surface area contributed by atoms with Crippen LogP contribution in [0.1, 0.15) is 12.5 Å². The first kappa shape index (κ1) is 11.8. The van der Waals surface area contributed by atoms with Crippen molar-refractivity contribution in [1.29, 1.82) is 0 Å². The lowest BCUT2D eigenvalue weighted by atomic mass is 10.1. The van der Waals surface area contributed by atoms with Crippen LogP contribution in [0.5, 0.6) is 0 Å². The van der Waals surface area contributed by atoms with Gasteiger partial charge in [0.15, 0.2) is 0 Å². The van der Waals surface area contributed by atoms with Gasteiger partial charge in [-0.15, -0.1) is 0 Å². The first-order valence-electron chi connectivity index (χ1n) is 5.71. The van der Waals surface area contributed by atoms with Gasteiger partial charge in [0.2, 0.25) is 0 Å². The molecule has 0 spiro atoms. The largest absolute Gasteiger partial charge is 0.316 e. The molecule has 0 amide bonds. The fourth-order valence-corrected chi connectivity index (χ4v) is 1.89. The maximum absolute atomic E-state index is 13.5. The van der Waals surface area contributed by atoms with Gasteiger partial charge in [-0.05, 0) is 38.2 Å². The maximum Gasteiger partial charge on any atom is 0.127 e. The van der Waals surface area contributed by atoms with Crippen LogP contribution in [0.4, 0.5) is 4.39 Å². The second-order valence-electron chi connectivity index (χ2n) is 3.87. The van der Waals surface area contributed by atoms with E-state index < -0.39 is 0 Å². The van der Waals surface area contributed by atoms with Crippen molar-refractivity contribution in [3.8, 4) is 11.3 Å². The lowest BCUT2D eigenvalue weighted by Crippen LogP contribution is -2.07. The van der Waals surface area contributed by atoms with Gasteiger partial charge < -0.3 is 5.32 Å². The Kier molecular flexibility index (Phi) is 3.54. The summed E-state index contributed by atoms with van der Waals surface area (Å²) in [5.74, 6) is -0.175. The Bertz CT molecular complexity index is 505. The Balaban J connectivity index is 2.42. The second kappa shape index (κ2) is 5.10. The van der Waals surface area contributed by atoms with E-state index in [9.17, 15) is 4.39 Å². The highest BCUT2D eigenvalue weighted by atomic mass is 19.1. The molecule has 2 aromatic rings. The summed E-state index contributed by atoms with van der Waals surface area (Å²) in [4.78, 5) is 0. The van der Waals surface area contributed by atoms with Gasteiger partial charge in [-0.25, -0.2) is 4.39 Å². The van der Waals surface area contributed by atoms with Crippen molar-refractivity contribution in [3.05, 3.63) is 41.8 Å². The number of nitrogens with one attached hydrogen (secondary N) is 1. The monoisotopic (exact) mass is 233 g/mol. The van der Waals surface area contributed by atoms with Gasteiger partial charge in [0.1, 0.15) is 5.82 Å². The second-order valence-corrected chi connectivity index (χ2v) is 3.87. The summed E-state index contributed by atoms with van der Waals surface area (Å²) in [5, 5.41) is 7.18. The molecule has 0 saturated carbocycles. The number of hydrogen-bond donors (Lipinski definition) is 1. The van der Waals surface area contributed by atoms with Crippen LogP contribution >= 0.6 is 0 Å². The Morgan fingerprint density at radius 1 is 1.35 bits per heavy atom. The highest BCUT2D eigenvalue weighted by Gasteiger charge is 2.07. The summed E-state index contributed by atoms with van der Waals surface area (Å²) in [6.07, 6.45) is 1.76. The van der Waals surface area contributed by atoms with Crippen LogP contribution in [0.15, 0.2) is 30.5 Å². The SMILES string of the molecule is CCn1nccc1-c1ccc(F)c(CNC)c1. The molecule has 1 aromatic heterocycles. The Labute approximate surface area is 100 Å². The number of benzene rings is 1. The van der Waals surface area contributed by atoms with Crippen molar-refractivity contribution in [2.24, 2.45) is 0 Å². The zero-order valence-electron chi connectivity index (χ0n) is 10.1. The Morgan fingerprint density at radius 2 is 2.18 bits per heavy atom. The molecule has 0 aliphatic rings. The predicted octanol–water partition coefficient (Wildman–Crippen LogP) is 2.43. The minimum absolute atomic E-state index is 0.175. The third kappa shape index (κ3) is 2.36. The number of aryl methyl sites for hydroxylation is 1. The molecule has 0 saturated heterocycles. The normalized spacial score (nSPS) is 10.8. The average molecular weight is 233 g/mol. The van der Waals surface area contributed by atoms with E-state index in [2.05, 4.69) is 10.4 Å². The highest BCUT2D eigenvalue weighted by molar-refractivity contribution is 5.60. The Morgan fingerprint density at radius 3 is 2.88 bits per heavy atom. The predicted molar refractivity (Wildman–Crippen MR) is 66.1 cm³/mol. The fraction of sp³-hybridized carbons (Fsp3) is 0.308. The summed E-state index contributed by atoms with van der Waals surface area (Å²) in [6.45, 7) is 3.37. The standard InChI is InChI=1S/C13H16FN3/c1-3-17-13(6-7-16-17)10-4-5-12(14)11(8-10)9-15-2/h4-8,15H,3,9H2,1-2H3. The molecule has 2 rings (SSSR count). The van der Waals surface area contributed by atoms with Gasteiger partial charge in [-0.2, -0.15) is 5.10 Å². The molecule has 1 N–H and O–H groups in total. The van der Waals surface area contributed by atoms with Crippen LogP contribution in [0.2, 0.25) is 0 Å². The van der Waals surface area contributed by atoms with E-state index >= 15 is 0 Å².